The van der Waals surface area contributed by atoms with Gasteiger partial charge in [0.15, 0.2) is 5.69 Å². The zero-order valence-corrected chi connectivity index (χ0v) is 12.2. The highest BCUT2D eigenvalue weighted by atomic mass is 32.1. The third-order valence-corrected chi connectivity index (χ3v) is 5.91. The monoisotopic (exact) mass is 290 g/mol. The number of aromatic nitrogens is 1. The van der Waals surface area contributed by atoms with E-state index in [-0.39, 0.29) is 5.69 Å². The van der Waals surface area contributed by atoms with Crippen LogP contribution in [0.5, 0.6) is 0 Å². The van der Waals surface area contributed by atoms with Crippen molar-refractivity contribution < 1.29 is 9.90 Å². The Labute approximate surface area is 122 Å². The van der Waals surface area contributed by atoms with Gasteiger partial charge in [-0.15, -0.1) is 11.3 Å². The number of carbonyl (C=O) groups is 1. The first kappa shape index (κ1) is 13.6. The van der Waals surface area contributed by atoms with E-state index in [9.17, 15) is 10.1 Å². The van der Waals surface area contributed by atoms with E-state index in [1.165, 1.54) is 49.9 Å². The van der Waals surface area contributed by atoms with Crippen molar-refractivity contribution in [3.63, 3.8) is 0 Å². The second kappa shape index (κ2) is 4.85. The Kier molecular flexibility index (Phi) is 3.29. The molecule has 20 heavy (non-hydrogen) atoms. The van der Waals surface area contributed by atoms with Gasteiger partial charge in [-0.25, -0.2) is 9.78 Å². The maximum absolute atomic E-state index is 10.9. The Balaban J connectivity index is 1.81. The van der Waals surface area contributed by atoms with Crippen LogP contribution in [-0.4, -0.2) is 16.1 Å². The standard InChI is InChI=1S/C15H18N2O2S/c16-10-15(13-17-11(7-20-13)12(18)19)8-14(9-15)5-3-1-2-4-6-14/h7H,1-6,8-9H2,(H,18,19). The molecule has 106 valence electrons. The predicted octanol–water partition coefficient (Wildman–Crippen LogP) is 3.74. The lowest BCUT2D eigenvalue weighted by molar-refractivity contribution is 0.0395. The minimum atomic E-state index is -1.01. The van der Waals surface area contributed by atoms with Gasteiger partial charge in [-0.1, -0.05) is 25.7 Å². The van der Waals surface area contributed by atoms with Crippen LogP contribution in [-0.2, 0) is 5.41 Å². The molecule has 1 aromatic heterocycles. The van der Waals surface area contributed by atoms with E-state index < -0.39 is 11.4 Å². The van der Waals surface area contributed by atoms with Crippen LogP contribution in [0.3, 0.4) is 0 Å². The number of nitrogens with zero attached hydrogens (tertiary/aromatic N) is 2. The van der Waals surface area contributed by atoms with Crippen LogP contribution >= 0.6 is 11.3 Å². The van der Waals surface area contributed by atoms with Gasteiger partial charge in [0.25, 0.3) is 0 Å². The van der Waals surface area contributed by atoms with Crippen molar-refractivity contribution in [2.45, 2.75) is 56.8 Å². The van der Waals surface area contributed by atoms with Gasteiger partial charge in [0.05, 0.1) is 6.07 Å². The lowest BCUT2D eigenvalue weighted by Crippen LogP contribution is -2.48. The van der Waals surface area contributed by atoms with E-state index in [2.05, 4.69) is 11.1 Å². The third kappa shape index (κ3) is 2.12. The molecule has 0 saturated heterocycles. The Morgan fingerprint density at radius 2 is 1.95 bits per heavy atom. The first-order valence-electron chi connectivity index (χ1n) is 7.20. The maximum Gasteiger partial charge on any atom is 0.355 e. The summed E-state index contributed by atoms with van der Waals surface area (Å²) in [7, 11) is 0. The van der Waals surface area contributed by atoms with E-state index in [0.29, 0.717) is 10.4 Å². The summed E-state index contributed by atoms with van der Waals surface area (Å²) >= 11 is 1.32. The van der Waals surface area contributed by atoms with Crippen molar-refractivity contribution in [1.29, 1.82) is 5.26 Å². The molecule has 0 aliphatic heterocycles. The first-order chi connectivity index (χ1) is 9.59. The number of hydrogen-bond acceptors (Lipinski definition) is 4. The predicted molar refractivity (Wildman–Crippen MR) is 75.7 cm³/mol. The highest BCUT2D eigenvalue weighted by molar-refractivity contribution is 7.10. The molecule has 2 fully saturated rings. The number of rotatable bonds is 2. The van der Waals surface area contributed by atoms with Crippen LogP contribution in [0.1, 0.15) is 66.9 Å². The van der Waals surface area contributed by atoms with Gasteiger partial charge in [0.2, 0.25) is 0 Å². The molecule has 2 aliphatic carbocycles. The van der Waals surface area contributed by atoms with Crippen molar-refractivity contribution >= 4 is 17.3 Å². The number of carboxylic acids is 1. The van der Waals surface area contributed by atoms with Crippen molar-refractivity contribution in [3.8, 4) is 6.07 Å². The summed E-state index contributed by atoms with van der Waals surface area (Å²) in [5.41, 5.74) is -0.134. The highest BCUT2D eigenvalue weighted by Crippen LogP contribution is 2.61. The number of hydrogen-bond donors (Lipinski definition) is 1. The molecule has 0 bridgehead atoms. The number of thiazole rings is 1. The molecule has 3 rings (SSSR count). The molecule has 1 aromatic rings. The van der Waals surface area contributed by atoms with Crippen molar-refractivity contribution in [1.82, 2.24) is 4.98 Å². The Hall–Kier alpha value is -1.41. The van der Waals surface area contributed by atoms with Crippen LogP contribution < -0.4 is 0 Å². The fraction of sp³-hybridized carbons (Fsp3) is 0.667. The van der Waals surface area contributed by atoms with Gasteiger partial charge in [-0.2, -0.15) is 5.26 Å². The van der Waals surface area contributed by atoms with Gasteiger partial charge in [0, 0.05) is 5.38 Å². The summed E-state index contributed by atoms with van der Waals surface area (Å²) in [5.74, 6) is -1.01. The molecule has 0 amide bonds. The smallest absolute Gasteiger partial charge is 0.355 e. The topological polar surface area (TPSA) is 74.0 Å². The van der Waals surface area contributed by atoms with Gasteiger partial charge in [-0.3, -0.25) is 0 Å². The van der Waals surface area contributed by atoms with Crippen LogP contribution in [0.25, 0.3) is 0 Å². The lowest BCUT2D eigenvalue weighted by Gasteiger charge is -2.52. The van der Waals surface area contributed by atoms with Gasteiger partial charge < -0.3 is 5.11 Å². The van der Waals surface area contributed by atoms with Crippen molar-refractivity contribution in [3.05, 3.63) is 16.1 Å². The SMILES string of the molecule is N#CC1(c2nc(C(=O)O)cs2)CC2(CCCCCC2)C1. The minimum Gasteiger partial charge on any atom is -0.476 e. The number of aromatic carboxylic acids is 1. The van der Waals surface area contributed by atoms with Crippen LogP contribution in [0.15, 0.2) is 5.38 Å². The van der Waals surface area contributed by atoms with E-state index in [1.54, 1.807) is 5.38 Å². The van der Waals surface area contributed by atoms with E-state index in [0.717, 1.165) is 12.8 Å². The summed E-state index contributed by atoms with van der Waals surface area (Å²) < 4.78 is 0. The minimum absolute atomic E-state index is 0.0708. The third-order valence-electron chi connectivity index (χ3n) is 4.86. The second-order valence-electron chi connectivity index (χ2n) is 6.30. The van der Waals surface area contributed by atoms with E-state index in [4.69, 9.17) is 5.11 Å². The zero-order chi connectivity index (χ0) is 14.2. The molecule has 2 aliphatic rings. The van der Waals surface area contributed by atoms with E-state index >= 15 is 0 Å². The Morgan fingerprint density at radius 3 is 2.45 bits per heavy atom. The van der Waals surface area contributed by atoms with Gasteiger partial charge in [-0.05, 0) is 31.1 Å². The number of nitriles is 1. The molecular formula is C15H18N2O2S. The summed E-state index contributed by atoms with van der Waals surface area (Å²) in [6, 6.07) is 2.43. The van der Waals surface area contributed by atoms with Gasteiger partial charge in [0.1, 0.15) is 10.4 Å². The first-order valence-corrected chi connectivity index (χ1v) is 8.08. The highest BCUT2D eigenvalue weighted by Gasteiger charge is 2.56. The molecule has 0 unspecified atom stereocenters. The fourth-order valence-electron chi connectivity index (χ4n) is 3.93. The van der Waals surface area contributed by atoms with E-state index in [1.807, 2.05) is 0 Å². The Morgan fingerprint density at radius 1 is 1.30 bits per heavy atom. The normalized spacial score (nSPS) is 23.6. The molecule has 4 nitrogen and oxygen atoms in total. The molecule has 0 aromatic carbocycles. The molecule has 0 radical (unpaired) electrons. The molecule has 5 heteroatoms. The zero-order valence-electron chi connectivity index (χ0n) is 11.4. The molecule has 0 atom stereocenters. The van der Waals surface area contributed by atoms with Crippen molar-refractivity contribution in [2.75, 3.05) is 0 Å². The largest absolute Gasteiger partial charge is 0.476 e. The second-order valence-corrected chi connectivity index (χ2v) is 7.16. The lowest BCUT2D eigenvalue weighted by atomic mass is 9.51. The maximum atomic E-state index is 10.9. The van der Waals surface area contributed by atoms with Crippen molar-refractivity contribution in [2.24, 2.45) is 5.41 Å². The van der Waals surface area contributed by atoms with Crippen LogP contribution in [0.4, 0.5) is 0 Å². The van der Waals surface area contributed by atoms with Gasteiger partial charge >= 0.3 is 5.97 Å². The van der Waals surface area contributed by atoms with Crippen LogP contribution in [0.2, 0.25) is 0 Å². The molecule has 2 saturated carbocycles. The molecule has 1 N–H and O–H groups in total. The number of carboxylic acid groups (broad SMARTS) is 1. The quantitative estimate of drug-likeness (QED) is 0.900. The summed E-state index contributed by atoms with van der Waals surface area (Å²) in [5, 5.41) is 20.8. The average molecular weight is 290 g/mol. The fourth-order valence-corrected chi connectivity index (χ4v) is 4.87. The molecule has 1 heterocycles. The Bertz CT molecular complexity index is 557. The summed E-state index contributed by atoms with van der Waals surface area (Å²) in [6.07, 6.45) is 9.30. The molecule has 1 spiro atoms. The molecular weight excluding hydrogens is 272 g/mol. The summed E-state index contributed by atoms with van der Waals surface area (Å²) in [4.78, 5) is 15.1. The summed E-state index contributed by atoms with van der Waals surface area (Å²) in [6.45, 7) is 0. The van der Waals surface area contributed by atoms with Crippen LogP contribution in [0, 0.1) is 16.7 Å². The average Bonchev–Trinajstić information content (AvgIpc) is 2.76.